The van der Waals surface area contributed by atoms with Crippen LogP contribution in [0, 0.1) is 23.7 Å². The molecule has 0 heteroatoms. The highest BCUT2D eigenvalue weighted by Crippen LogP contribution is 2.43. The van der Waals surface area contributed by atoms with Gasteiger partial charge in [0, 0.05) is 0 Å². The highest BCUT2D eigenvalue weighted by atomic mass is 14.4. The number of hydrogen-bond acceptors (Lipinski definition) is 0. The molecule has 0 aliphatic heterocycles. The zero-order valence-corrected chi connectivity index (χ0v) is 15.5. The van der Waals surface area contributed by atoms with Gasteiger partial charge in [-0.25, -0.2) is 0 Å². The van der Waals surface area contributed by atoms with Gasteiger partial charge in [0.05, 0.1) is 0 Å². The van der Waals surface area contributed by atoms with Crippen LogP contribution in [-0.2, 0) is 0 Å². The molecule has 0 amide bonds. The van der Waals surface area contributed by atoms with E-state index in [1.165, 1.54) is 103 Å². The average Bonchev–Trinajstić information content (AvgIpc) is 2.55. The Morgan fingerprint density at radius 1 is 0.682 bits per heavy atom. The van der Waals surface area contributed by atoms with Crippen molar-refractivity contribution in [1.29, 1.82) is 0 Å². The Morgan fingerprint density at radius 2 is 1.18 bits per heavy atom. The summed E-state index contributed by atoms with van der Waals surface area (Å²) in [5.41, 5.74) is 0. The summed E-state index contributed by atoms with van der Waals surface area (Å²) in [5.74, 6) is 4.98. The Kier molecular flexibility index (Phi) is 8.93. The van der Waals surface area contributed by atoms with Gasteiger partial charge in [-0.3, -0.25) is 0 Å². The van der Waals surface area contributed by atoms with Crippen LogP contribution in [0.5, 0.6) is 0 Å². The minimum atomic E-state index is 0.895. The number of hydrogen-bond donors (Lipinski definition) is 0. The van der Waals surface area contributed by atoms with Crippen molar-refractivity contribution in [1.82, 2.24) is 0 Å². The fourth-order valence-corrected chi connectivity index (χ4v) is 4.92. The third kappa shape index (κ3) is 6.63. The van der Waals surface area contributed by atoms with Crippen molar-refractivity contribution >= 4 is 0 Å². The maximum atomic E-state index is 2.36. The Morgan fingerprint density at radius 3 is 1.68 bits per heavy atom. The van der Waals surface area contributed by atoms with Crippen molar-refractivity contribution in [3.8, 4) is 0 Å². The lowest BCUT2D eigenvalue weighted by atomic mass is 9.68. The second-order valence-electron chi connectivity index (χ2n) is 8.59. The molecule has 0 saturated heterocycles. The van der Waals surface area contributed by atoms with Gasteiger partial charge < -0.3 is 0 Å². The van der Waals surface area contributed by atoms with Crippen LogP contribution in [0.25, 0.3) is 0 Å². The van der Waals surface area contributed by atoms with Crippen LogP contribution in [-0.4, -0.2) is 0 Å². The second-order valence-corrected chi connectivity index (χ2v) is 8.59. The van der Waals surface area contributed by atoms with Gasteiger partial charge in [0.25, 0.3) is 0 Å². The molecular weight excluding hydrogens is 264 g/mol. The summed E-state index contributed by atoms with van der Waals surface area (Å²) < 4.78 is 0. The predicted molar refractivity (Wildman–Crippen MR) is 98.9 cm³/mol. The number of unbranched alkanes of at least 4 members (excludes halogenated alkanes) is 3. The summed E-state index contributed by atoms with van der Waals surface area (Å²) in [6, 6.07) is 0. The van der Waals surface area contributed by atoms with Crippen LogP contribution in [0.2, 0.25) is 0 Å². The number of rotatable bonds is 9. The molecule has 0 nitrogen and oxygen atoms in total. The monoisotopic (exact) mass is 305 g/mol. The molecule has 0 aromatic heterocycles. The lowest BCUT2D eigenvalue weighted by Gasteiger charge is -2.37. The summed E-state index contributed by atoms with van der Waals surface area (Å²) >= 11 is 0. The van der Waals surface area contributed by atoms with Crippen LogP contribution in [0.4, 0.5) is 0 Å². The zero-order valence-electron chi connectivity index (χ0n) is 15.5. The Hall–Kier alpha value is 0. The van der Waals surface area contributed by atoms with Crippen molar-refractivity contribution in [2.75, 3.05) is 0 Å². The normalized spacial score (nSPS) is 21.8. The first kappa shape index (κ1) is 18.3. The van der Waals surface area contributed by atoms with Gasteiger partial charge in [-0.05, 0) is 55.8 Å². The summed E-state index contributed by atoms with van der Waals surface area (Å²) in [6.07, 6.45) is 24.0. The van der Waals surface area contributed by atoms with E-state index in [9.17, 15) is 0 Å². The van der Waals surface area contributed by atoms with E-state index in [0.717, 1.165) is 17.8 Å². The van der Waals surface area contributed by atoms with Crippen LogP contribution in [0.15, 0.2) is 0 Å². The molecule has 0 aromatic rings. The quantitative estimate of drug-likeness (QED) is 0.382. The largest absolute Gasteiger partial charge is 0.0628 e. The third-order valence-electron chi connectivity index (χ3n) is 6.26. The molecule has 0 unspecified atom stereocenters. The van der Waals surface area contributed by atoms with Crippen molar-refractivity contribution < 1.29 is 0 Å². The van der Waals surface area contributed by atoms with Crippen LogP contribution < -0.4 is 0 Å². The van der Waals surface area contributed by atoms with E-state index in [-0.39, 0.29) is 0 Å². The molecule has 0 aromatic carbocycles. The van der Waals surface area contributed by atoms with Gasteiger partial charge in [-0.2, -0.15) is 0 Å². The van der Waals surface area contributed by atoms with Gasteiger partial charge >= 0.3 is 0 Å². The topological polar surface area (TPSA) is 0 Å². The van der Waals surface area contributed by atoms with E-state index >= 15 is 0 Å². The fourth-order valence-electron chi connectivity index (χ4n) is 4.92. The van der Waals surface area contributed by atoms with Crippen molar-refractivity contribution in [3.63, 3.8) is 0 Å². The lowest BCUT2D eigenvalue weighted by Crippen LogP contribution is -2.25. The van der Waals surface area contributed by atoms with Gasteiger partial charge in [0.2, 0.25) is 0 Å². The highest BCUT2D eigenvalue weighted by molar-refractivity contribution is 5.03. The van der Waals surface area contributed by atoms with Crippen molar-refractivity contribution in [2.45, 2.75) is 117 Å². The standard InChI is InChI=1S/C22H41/c1-19(2)13-7-3-4-12-18-22(20-14-8-5-9-15-20)21-16-10-6-11-17-21/h19-21H,3-18H2,1-2H3. The molecule has 0 spiro atoms. The minimum absolute atomic E-state index is 0.895. The molecule has 2 aliphatic rings. The SMILES string of the molecule is CC(C)CCCCCC[C](C1CCCCC1)C1CCCCC1. The summed E-state index contributed by atoms with van der Waals surface area (Å²) in [6.45, 7) is 4.72. The molecule has 2 aliphatic carbocycles. The van der Waals surface area contributed by atoms with Gasteiger partial charge in [-0.15, -0.1) is 0 Å². The van der Waals surface area contributed by atoms with Gasteiger partial charge in [0.1, 0.15) is 0 Å². The van der Waals surface area contributed by atoms with Crippen molar-refractivity contribution in [3.05, 3.63) is 5.92 Å². The smallest absolute Gasteiger partial charge is 0.0179 e. The molecular formula is C22H41. The Bertz CT molecular complexity index is 237. The first-order valence-corrected chi connectivity index (χ1v) is 10.6. The maximum Gasteiger partial charge on any atom is -0.0179 e. The molecule has 129 valence electrons. The molecule has 0 N–H and O–H groups in total. The summed E-state index contributed by atoms with van der Waals surface area (Å²) in [5, 5.41) is 0. The Labute approximate surface area is 140 Å². The molecule has 22 heavy (non-hydrogen) atoms. The van der Waals surface area contributed by atoms with Crippen LogP contribution in [0.3, 0.4) is 0 Å². The van der Waals surface area contributed by atoms with E-state index < -0.39 is 0 Å². The third-order valence-corrected chi connectivity index (χ3v) is 6.26. The summed E-state index contributed by atoms with van der Waals surface area (Å²) in [7, 11) is 0. The molecule has 0 atom stereocenters. The second kappa shape index (κ2) is 10.7. The van der Waals surface area contributed by atoms with E-state index in [2.05, 4.69) is 13.8 Å². The van der Waals surface area contributed by atoms with E-state index in [4.69, 9.17) is 0 Å². The van der Waals surface area contributed by atoms with E-state index in [1.807, 2.05) is 5.92 Å². The predicted octanol–water partition coefficient (Wildman–Crippen LogP) is 7.72. The minimum Gasteiger partial charge on any atom is -0.0628 e. The molecule has 1 radical (unpaired) electrons. The van der Waals surface area contributed by atoms with Gasteiger partial charge in [0.15, 0.2) is 0 Å². The van der Waals surface area contributed by atoms with Crippen molar-refractivity contribution in [2.24, 2.45) is 17.8 Å². The fraction of sp³-hybridized carbons (Fsp3) is 0.955. The summed E-state index contributed by atoms with van der Waals surface area (Å²) in [4.78, 5) is 0. The molecule has 2 saturated carbocycles. The maximum absolute atomic E-state index is 2.36. The van der Waals surface area contributed by atoms with Crippen LogP contribution >= 0.6 is 0 Å². The van der Waals surface area contributed by atoms with Crippen LogP contribution in [0.1, 0.15) is 117 Å². The van der Waals surface area contributed by atoms with E-state index in [1.54, 1.807) is 0 Å². The van der Waals surface area contributed by atoms with Gasteiger partial charge in [-0.1, -0.05) is 84.5 Å². The Balaban J connectivity index is 1.71. The average molecular weight is 306 g/mol. The molecule has 2 rings (SSSR count). The molecule has 0 bridgehead atoms. The molecule has 2 fully saturated rings. The first-order chi connectivity index (χ1) is 10.8. The lowest BCUT2D eigenvalue weighted by molar-refractivity contribution is 0.261. The zero-order chi connectivity index (χ0) is 15.6. The molecule has 0 heterocycles. The van der Waals surface area contributed by atoms with E-state index in [0.29, 0.717) is 0 Å². The first-order valence-electron chi connectivity index (χ1n) is 10.6. The highest BCUT2D eigenvalue weighted by Gasteiger charge is 2.31.